The molecular weight excluding hydrogens is 1050 g/mol. The van der Waals surface area contributed by atoms with E-state index in [4.69, 9.17) is 0 Å². The van der Waals surface area contributed by atoms with Crippen LogP contribution in [-0.4, -0.2) is 148 Å². The fourth-order valence-corrected chi connectivity index (χ4v) is 9.25. The molecule has 0 aliphatic rings. The Labute approximate surface area is 427 Å². The fraction of sp³-hybridized carbons (Fsp3) is 0.0204. The molecule has 29 nitrogen and oxygen atoms in total. The van der Waals surface area contributed by atoms with Crippen molar-refractivity contribution in [2.75, 3.05) is 0 Å². The van der Waals surface area contributed by atoms with Gasteiger partial charge in [0.1, 0.15) is 17.1 Å². The molecular formula is C49H36O29. The summed E-state index contributed by atoms with van der Waals surface area (Å²) < 4.78 is 0. The van der Waals surface area contributed by atoms with Gasteiger partial charge in [-0.25, -0.2) is 0 Å². The lowest BCUT2D eigenvalue weighted by Crippen LogP contribution is -2.04. The number of rotatable bonds is 8. The number of hydrogen-bond acceptors (Lipinski definition) is 29. The highest BCUT2D eigenvalue weighted by Crippen LogP contribution is 2.68. The molecule has 0 heterocycles. The third kappa shape index (κ3) is 6.34. The van der Waals surface area contributed by atoms with E-state index in [1.54, 1.807) is 0 Å². The largest absolute Gasteiger partial charge is 0.508 e. The molecule has 0 aliphatic heterocycles. The monoisotopic (exact) mass is 1090 g/mol. The maximum Gasteiger partial charge on any atom is 0.202 e. The number of hydrogen-bond donors (Lipinski definition) is 29. The zero-order chi connectivity index (χ0) is 58.6. The van der Waals surface area contributed by atoms with Crippen LogP contribution in [0.4, 0.5) is 0 Å². The number of aliphatic hydroxyl groups excluding tert-OH is 7. The minimum atomic E-state index is -2.13. The summed E-state index contributed by atoms with van der Waals surface area (Å²) in [4.78, 5) is 0. The van der Waals surface area contributed by atoms with Crippen molar-refractivity contribution < 1.29 is 148 Å². The maximum atomic E-state index is 11.9. The summed E-state index contributed by atoms with van der Waals surface area (Å²) in [5, 5.41) is 313. The van der Waals surface area contributed by atoms with Crippen LogP contribution in [0.2, 0.25) is 0 Å². The quantitative estimate of drug-likeness (QED) is 0.0251. The number of fused-ring (bicyclic) bond motifs is 1. The molecule has 0 aromatic heterocycles. The maximum absolute atomic E-state index is 11.9. The van der Waals surface area contributed by atoms with Crippen LogP contribution in [0.3, 0.4) is 0 Å². The summed E-state index contributed by atoms with van der Waals surface area (Å²) in [5.41, 5.74) is -12.4. The van der Waals surface area contributed by atoms with E-state index in [-0.39, 0.29) is 0 Å². The molecule has 8 aromatic rings. The van der Waals surface area contributed by atoms with E-state index in [9.17, 15) is 148 Å². The first-order chi connectivity index (χ1) is 36.1. The lowest BCUT2D eigenvalue weighted by atomic mass is 9.83. The molecule has 8 aromatic carbocycles. The van der Waals surface area contributed by atoms with Crippen molar-refractivity contribution >= 4 is 60.2 Å². The van der Waals surface area contributed by atoms with E-state index in [0.717, 1.165) is 6.92 Å². The smallest absolute Gasteiger partial charge is 0.202 e. The molecule has 406 valence electrons. The second kappa shape index (κ2) is 16.7. The highest BCUT2D eigenvalue weighted by atomic mass is 16.4. The van der Waals surface area contributed by atoms with E-state index in [2.05, 4.69) is 13.2 Å². The topological polar surface area (TPSA) is 587 Å². The summed E-state index contributed by atoms with van der Waals surface area (Å²) in [6, 6.07) is 0. The SMILES string of the molecule is C=C(O)/C(O)=C(/O)c1c(O)c(O)c(O)c(/C(C(=C)O)=C(O)/C(O)=C(\O)c2c(O)c(O)c3c(O)c(O)c4c(O)c(O)c(-c5c(O)c(O)c(-c6c(O)c(O)c(O)c7c(C)c(O)c(O)c(O)c67)c(O)c5O)c5c(O)c(O)c2c3c45)c1O. The zero-order valence-electron chi connectivity index (χ0n) is 38.4. The first-order valence-corrected chi connectivity index (χ1v) is 20.9. The van der Waals surface area contributed by atoms with Crippen molar-refractivity contribution in [3.05, 3.63) is 64.2 Å². The molecule has 0 unspecified atom stereocenters. The summed E-state index contributed by atoms with van der Waals surface area (Å²) in [7, 11) is 0. The van der Waals surface area contributed by atoms with E-state index in [1.807, 2.05) is 0 Å². The molecule has 0 saturated carbocycles. The van der Waals surface area contributed by atoms with Crippen LogP contribution < -0.4 is 0 Å². The zero-order valence-corrected chi connectivity index (χ0v) is 38.4. The van der Waals surface area contributed by atoms with Crippen LogP contribution in [-0.2, 0) is 0 Å². The Bertz CT molecular complexity index is 4240. The standard InChI is InChI=1S/C49H36O29/c1-4-7-11(31(60)46(75)23(4)52)14(32(61)47(76)26(7)55)20-38(67)40(69)21(41(70)39(20)68)15-12-9-10-13(29(58)28(12)57)19(37(66)36(65)18(10)35(64)34(63)17(9)33(62)30(15)59)43(72)48(77)27(56)8(5(2)50)16-25(54)22(44(73)24(53)6(3)51)45(74)49(78)42(16)71/h50-78H,2-3H2,1H3/b27-8-,44-24-,48-43+. The Kier molecular flexibility index (Phi) is 11.2. The number of phenolic OH excluding ortho intramolecular Hbond substituents is 22. The molecule has 0 amide bonds. The Morgan fingerprint density at radius 1 is 0.231 bits per heavy atom. The third-order valence-electron chi connectivity index (χ3n) is 12.9. The van der Waals surface area contributed by atoms with E-state index < -0.39 is 260 Å². The molecule has 0 saturated heterocycles. The highest BCUT2D eigenvalue weighted by molar-refractivity contribution is 6.36. The van der Waals surface area contributed by atoms with Crippen molar-refractivity contribution in [2.24, 2.45) is 0 Å². The lowest BCUT2D eigenvalue weighted by molar-refractivity contribution is 0.310. The van der Waals surface area contributed by atoms with Gasteiger partial charge in [-0.2, -0.15) is 0 Å². The van der Waals surface area contributed by atoms with Crippen molar-refractivity contribution in [1.82, 2.24) is 0 Å². The van der Waals surface area contributed by atoms with Gasteiger partial charge in [-0.3, -0.25) is 0 Å². The molecule has 29 N–H and O–H groups in total. The molecule has 29 heteroatoms. The Morgan fingerprint density at radius 3 is 1.01 bits per heavy atom. The first-order valence-electron chi connectivity index (χ1n) is 20.9. The molecule has 0 aliphatic carbocycles. The molecule has 0 bridgehead atoms. The predicted molar refractivity (Wildman–Crippen MR) is 264 cm³/mol. The van der Waals surface area contributed by atoms with Crippen molar-refractivity contribution in [2.45, 2.75) is 6.92 Å². The Hall–Kier alpha value is -12.0. The number of allylic oxidation sites excluding steroid dienone is 1. The van der Waals surface area contributed by atoms with Crippen molar-refractivity contribution in [3.63, 3.8) is 0 Å². The lowest BCUT2D eigenvalue weighted by Gasteiger charge is -2.24. The minimum absolute atomic E-state index is 0.539. The predicted octanol–water partition coefficient (Wildman–Crippen LogP) is 6.58. The number of aryl methyl sites for hydroxylation is 1. The van der Waals surface area contributed by atoms with Crippen LogP contribution >= 0.6 is 0 Å². The van der Waals surface area contributed by atoms with Crippen LogP contribution in [0.25, 0.3) is 82.4 Å². The summed E-state index contributed by atoms with van der Waals surface area (Å²) in [6.07, 6.45) is 0. The van der Waals surface area contributed by atoms with Crippen molar-refractivity contribution in [1.29, 1.82) is 0 Å². The molecule has 0 atom stereocenters. The highest BCUT2D eigenvalue weighted by Gasteiger charge is 2.41. The summed E-state index contributed by atoms with van der Waals surface area (Å²) in [6.45, 7) is 6.92. The Morgan fingerprint density at radius 2 is 0.538 bits per heavy atom. The number of aromatic hydroxyl groups is 22. The van der Waals surface area contributed by atoms with Gasteiger partial charge in [-0.1, -0.05) is 13.2 Å². The average molecular weight is 1090 g/mol. The average Bonchev–Trinajstić information content (AvgIpc) is 3.52. The molecule has 0 spiro atoms. The second-order valence-corrected chi connectivity index (χ2v) is 16.9. The van der Waals surface area contributed by atoms with Crippen LogP contribution in [0.1, 0.15) is 22.3 Å². The van der Waals surface area contributed by atoms with Crippen LogP contribution in [0, 0.1) is 6.92 Å². The van der Waals surface area contributed by atoms with Gasteiger partial charge in [0.2, 0.25) is 28.8 Å². The third-order valence-corrected chi connectivity index (χ3v) is 12.9. The van der Waals surface area contributed by atoms with E-state index in [1.165, 1.54) is 0 Å². The first kappa shape index (κ1) is 52.3. The van der Waals surface area contributed by atoms with Crippen LogP contribution in [0.15, 0.2) is 42.0 Å². The summed E-state index contributed by atoms with van der Waals surface area (Å²) >= 11 is 0. The van der Waals surface area contributed by atoms with Crippen molar-refractivity contribution in [3.8, 4) is 149 Å². The number of phenols is 22. The van der Waals surface area contributed by atoms with Gasteiger partial charge >= 0.3 is 0 Å². The van der Waals surface area contributed by atoms with Gasteiger partial charge in [0.15, 0.2) is 127 Å². The Balaban J connectivity index is 1.53. The normalized spacial score (nSPS) is 12.8. The molecule has 0 fully saturated rings. The minimum Gasteiger partial charge on any atom is -0.508 e. The van der Waals surface area contributed by atoms with Gasteiger partial charge in [-0.15, -0.1) is 0 Å². The van der Waals surface area contributed by atoms with Gasteiger partial charge < -0.3 is 148 Å². The fourth-order valence-electron chi connectivity index (χ4n) is 9.25. The molecule has 0 radical (unpaired) electrons. The van der Waals surface area contributed by atoms with Gasteiger partial charge in [0, 0.05) is 49.0 Å². The van der Waals surface area contributed by atoms with Gasteiger partial charge in [0.25, 0.3) is 0 Å². The molecule has 8 rings (SSSR count). The molecule has 78 heavy (non-hydrogen) atoms. The number of benzene rings is 8. The van der Waals surface area contributed by atoms with Gasteiger partial charge in [-0.05, 0) is 6.92 Å². The van der Waals surface area contributed by atoms with Gasteiger partial charge in [0.05, 0.1) is 38.6 Å². The van der Waals surface area contributed by atoms with E-state index >= 15 is 0 Å². The number of aliphatic hydroxyl groups is 7. The second-order valence-electron chi connectivity index (χ2n) is 16.9. The summed E-state index contributed by atoms with van der Waals surface area (Å²) in [5.74, 6) is -48.5. The van der Waals surface area contributed by atoms with E-state index in [0.29, 0.717) is 0 Å². The van der Waals surface area contributed by atoms with Crippen LogP contribution in [0.5, 0.6) is 126 Å².